The van der Waals surface area contributed by atoms with E-state index in [4.69, 9.17) is 0 Å². The normalized spacial score (nSPS) is 11.6. The quantitative estimate of drug-likeness (QED) is 0.746. The Kier molecular flexibility index (Phi) is 5.03. The first kappa shape index (κ1) is 15.7. The van der Waals surface area contributed by atoms with Gasteiger partial charge in [0.1, 0.15) is 5.00 Å². The van der Waals surface area contributed by atoms with Crippen molar-refractivity contribution in [2.75, 3.05) is 4.72 Å². The molecule has 0 atom stereocenters. The summed E-state index contributed by atoms with van der Waals surface area (Å²) in [5.41, 5.74) is 0.729. The van der Waals surface area contributed by atoms with Gasteiger partial charge in [0.15, 0.2) is 0 Å². The third-order valence-corrected chi connectivity index (χ3v) is 6.00. The number of nitrogens with zero attached hydrogens (tertiary/aromatic N) is 1. The summed E-state index contributed by atoms with van der Waals surface area (Å²) >= 11 is 3.55. The molecule has 0 amide bonds. The molecule has 20 heavy (non-hydrogen) atoms. The minimum absolute atomic E-state index is 0.266. The van der Waals surface area contributed by atoms with E-state index in [0.29, 0.717) is 5.00 Å². The topological polar surface area (TPSA) is 59.1 Å². The molecular weight excluding hydrogens is 407 g/mol. The Morgan fingerprint density at radius 1 is 1.30 bits per heavy atom. The summed E-state index contributed by atoms with van der Waals surface area (Å²) in [6, 6.07) is 6.76. The minimum Gasteiger partial charge on any atom is -0.269 e. The van der Waals surface area contributed by atoms with Crippen molar-refractivity contribution >= 4 is 49.0 Å². The summed E-state index contributed by atoms with van der Waals surface area (Å²) < 4.78 is 28.2. The smallest absolute Gasteiger partial charge is 0.262 e. The van der Waals surface area contributed by atoms with Gasteiger partial charge in [-0.1, -0.05) is 6.92 Å². The van der Waals surface area contributed by atoms with Crippen LogP contribution < -0.4 is 4.72 Å². The van der Waals surface area contributed by atoms with E-state index >= 15 is 0 Å². The number of anilines is 1. The fourth-order valence-electron chi connectivity index (χ4n) is 1.66. The fraction of sp³-hybridized carbons (Fsp3) is 0.308. The third kappa shape index (κ3) is 3.70. The van der Waals surface area contributed by atoms with Crippen LogP contribution in [-0.2, 0) is 16.4 Å². The second-order valence-corrected chi connectivity index (χ2v) is 8.34. The summed E-state index contributed by atoms with van der Waals surface area (Å²) in [4.78, 5) is 4.65. The minimum atomic E-state index is -3.54. The van der Waals surface area contributed by atoms with E-state index in [1.165, 1.54) is 11.3 Å². The van der Waals surface area contributed by atoms with Crippen LogP contribution in [0.5, 0.6) is 0 Å². The number of benzene rings is 1. The lowest BCUT2D eigenvalue weighted by Crippen LogP contribution is -2.12. The van der Waals surface area contributed by atoms with Crippen molar-refractivity contribution in [3.05, 3.63) is 38.5 Å². The van der Waals surface area contributed by atoms with E-state index in [-0.39, 0.29) is 4.90 Å². The molecule has 0 unspecified atom stereocenters. The first-order chi connectivity index (χ1) is 9.42. The molecular formula is C13H15IN2O2S2. The van der Waals surface area contributed by atoms with E-state index in [1.807, 2.05) is 6.92 Å². The molecule has 0 fully saturated rings. The lowest BCUT2D eigenvalue weighted by Gasteiger charge is -2.06. The van der Waals surface area contributed by atoms with Gasteiger partial charge in [0.05, 0.1) is 15.6 Å². The van der Waals surface area contributed by atoms with Gasteiger partial charge in [-0.25, -0.2) is 13.4 Å². The maximum Gasteiger partial charge on any atom is 0.262 e. The Morgan fingerprint density at radius 3 is 2.55 bits per heavy atom. The molecule has 0 saturated carbocycles. The van der Waals surface area contributed by atoms with Crippen molar-refractivity contribution in [3.8, 4) is 0 Å². The van der Waals surface area contributed by atoms with Crippen LogP contribution in [0.1, 0.15) is 24.0 Å². The van der Waals surface area contributed by atoms with Crippen LogP contribution in [0.4, 0.5) is 5.00 Å². The van der Waals surface area contributed by atoms with Gasteiger partial charge >= 0.3 is 0 Å². The molecule has 2 aromatic rings. The zero-order valence-corrected chi connectivity index (χ0v) is 15.0. The van der Waals surface area contributed by atoms with Gasteiger partial charge in [-0.05, 0) is 66.6 Å². The van der Waals surface area contributed by atoms with Crippen LogP contribution in [0.15, 0.2) is 29.2 Å². The summed E-state index contributed by atoms with van der Waals surface area (Å²) in [5.74, 6) is 0. The second-order valence-electron chi connectivity index (χ2n) is 4.33. The SMILES string of the molecule is CCCc1nc(C)c(NS(=O)(=O)c2ccc(I)cc2)s1. The third-order valence-electron chi connectivity index (χ3n) is 2.66. The molecule has 1 N–H and O–H groups in total. The van der Waals surface area contributed by atoms with Crippen LogP contribution in [0.3, 0.4) is 0 Å². The van der Waals surface area contributed by atoms with Gasteiger partial charge in [-0.15, -0.1) is 11.3 Å². The van der Waals surface area contributed by atoms with Crippen molar-refractivity contribution in [3.63, 3.8) is 0 Å². The summed E-state index contributed by atoms with van der Waals surface area (Å²) in [7, 11) is -3.54. The van der Waals surface area contributed by atoms with Gasteiger partial charge in [-0.2, -0.15) is 0 Å². The van der Waals surface area contributed by atoms with Crippen LogP contribution in [0, 0.1) is 10.5 Å². The zero-order valence-electron chi connectivity index (χ0n) is 11.2. The Morgan fingerprint density at radius 2 is 1.95 bits per heavy atom. The zero-order chi connectivity index (χ0) is 14.8. The molecule has 4 nitrogen and oxygen atoms in total. The molecule has 7 heteroatoms. The first-order valence-electron chi connectivity index (χ1n) is 6.17. The molecule has 108 valence electrons. The molecule has 0 saturated heterocycles. The summed E-state index contributed by atoms with van der Waals surface area (Å²) in [6.07, 6.45) is 1.87. The summed E-state index contributed by atoms with van der Waals surface area (Å²) in [5, 5.41) is 1.57. The van der Waals surface area contributed by atoms with E-state index in [2.05, 4.69) is 39.2 Å². The fourth-order valence-corrected chi connectivity index (χ4v) is 4.44. The lowest BCUT2D eigenvalue weighted by molar-refractivity contribution is 0.601. The number of rotatable bonds is 5. The molecule has 0 spiro atoms. The summed E-state index contributed by atoms with van der Waals surface area (Å²) in [6.45, 7) is 3.90. The standard InChI is InChI=1S/C13H15IN2O2S2/c1-3-4-12-15-9(2)13(19-12)16-20(17,18)11-7-5-10(14)6-8-11/h5-8,16H,3-4H2,1-2H3. The maximum absolute atomic E-state index is 12.3. The van der Waals surface area contributed by atoms with Crippen LogP contribution in [-0.4, -0.2) is 13.4 Å². The molecule has 1 aromatic heterocycles. The molecule has 1 aromatic carbocycles. The number of thiazole rings is 1. The van der Waals surface area contributed by atoms with Crippen molar-refractivity contribution in [1.29, 1.82) is 0 Å². The molecule has 1 heterocycles. The monoisotopic (exact) mass is 422 g/mol. The second kappa shape index (κ2) is 6.40. The number of sulfonamides is 1. The van der Waals surface area contributed by atoms with Gasteiger partial charge in [0.25, 0.3) is 10.0 Å². The highest BCUT2D eigenvalue weighted by Crippen LogP contribution is 2.27. The average Bonchev–Trinajstić information content (AvgIpc) is 2.70. The van der Waals surface area contributed by atoms with Gasteiger partial charge in [0.2, 0.25) is 0 Å². The average molecular weight is 422 g/mol. The number of aromatic nitrogens is 1. The Labute approximate surface area is 136 Å². The molecule has 0 aliphatic carbocycles. The van der Waals surface area contributed by atoms with E-state index < -0.39 is 10.0 Å². The largest absolute Gasteiger partial charge is 0.269 e. The maximum atomic E-state index is 12.3. The number of hydrogen-bond acceptors (Lipinski definition) is 4. The highest BCUT2D eigenvalue weighted by Gasteiger charge is 2.17. The Bertz CT molecular complexity index is 694. The molecule has 0 aliphatic heterocycles. The van der Waals surface area contributed by atoms with Gasteiger partial charge < -0.3 is 0 Å². The highest BCUT2D eigenvalue weighted by molar-refractivity contribution is 14.1. The molecule has 0 radical (unpaired) electrons. The van der Waals surface area contributed by atoms with Crippen molar-refractivity contribution in [2.24, 2.45) is 0 Å². The Balaban J connectivity index is 2.26. The van der Waals surface area contributed by atoms with E-state index in [1.54, 1.807) is 24.3 Å². The number of halogens is 1. The predicted molar refractivity (Wildman–Crippen MR) is 90.8 cm³/mol. The predicted octanol–water partition coefficient (Wildman–Crippen LogP) is 3.81. The van der Waals surface area contributed by atoms with E-state index in [9.17, 15) is 8.42 Å². The molecule has 2 rings (SSSR count). The first-order valence-corrected chi connectivity index (χ1v) is 9.55. The van der Waals surface area contributed by atoms with E-state index in [0.717, 1.165) is 27.1 Å². The highest BCUT2D eigenvalue weighted by atomic mass is 127. The number of nitrogens with one attached hydrogen (secondary N) is 1. The molecule has 0 aliphatic rings. The lowest BCUT2D eigenvalue weighted by atomic mass is 10.3. The van der Waals surface area contributed by atoms with Gasteiger partial charge in [-0.3, -0.25) is 4.72 Å². The van der Waals surface area contributed by atoms with Crippen molar-refractivity contribution in [2.45, 2.75) is 31.6 Å². The van der Waals surface area contributed by atoms with Crippen LogP contribution >= 0.6 is 33.9 Å². The van der Waals surface area contributed by atoms with Crippen LogP contribution in [0.25, 0.3) is 0 Å². The number of aryl methyl sites for hydroxylation is 2. The van der Waals surface area contributed by atoms with Gasteiger partial charge in [0, 0.05) is 3.57 Å². The van der Waals surface area contributed by atoms with Crippen LogP contribution in [0.2, 0.25) is 0 Å². The Hall–Kier alpha value is -0.670. The molecule has 0 bridgehead atoms. The number of hydrogen-bond donors (Lipinski definition) is 1. The van der Waals surface area contributed by atoms with Crippen molar-refractivity contribution in [1.82, 2.24) is 4.98 Å². The van der Waals surface area contributed by atoms with Crippen molar-refractivity contribution < 1.29 is 8.42 Å².